The van der Waals surface area contributed by atoms with Crippen LogP contribution in [0.1, 0.15) is 49.7 Å². The van der Waals surface area contributed by atoms with E-state index in [1.165, 1.54) is 11.8 Å². The molecule has 1 aliphatic heterocycles. The van der Waals surface area contributed by atoms with Crippen LogP contribution in [0.4, 0.5) is 0 Å². The second-order valence-corrected chi connectivity index (χ2v) is 8.16. The van der Waals surface area contributed by atoms with Gasteiger partial charge in [0.1, 0.15) is 0 Å². The highest BCUT2D eigenvalue weighted by molar-refractivity contribution is 5.98. The number of likely N-dealkylation sites (tertiary alicyclic amines) is 1. The third kappa shape index (κ3) is 3.23. The van der Waals surface area contributed by atoms with Gasteiger partial charge in [0.05, 0.1) is 5.52 Å². The van der Waals surface area contributed by atoms with Gasteiger partial charge in [-0.05, 0) is 36.8 Å². The summed E-state index contributed by atoms with van der Waals surface area (Å²) in [6.07, 6.45) is 6.59. The highest BCUT2D eigenvalue weighted by Gasteiger charge is 2.42. The fraction of sp³-hybridized carbons (Fsp3) is 0.476. The van der Waals surface area contributed by atoms with Crippen molar-refractivity contribution in [2.45, 2.75) is 44.1 Å². The second kappa shape index (κ2) is 6.47. The Labute approximate surface area is 154 Å². The molecule has 1 aliphatic carbocycles. The number of aromatic nitrogens is 1. The Kier molecular flexibility index (Phi) is 4.27. The predicted molar refractivity (Wildman–Crippen MR) is 104 cm³/mol. The van der Waals surface area contributed by atoms with Gasteiger partial charge in [0.25, 0.3) is 0 Å². The van der Waals surface area contributed by atoms with Gasteiger partial charge in [-0.2, -0.15) is 0 Å². The highest BCUT2D eigenvalue weighted by atomic mass is 16.2. The van der Waals surface area contributed by atoms with Crippen LogP contribution in [0.5, 0.6) is 0 Å². The minimum Gasteiger partial charge on any atom is -0.342 e. The van der Waals surface area contributed by atoms with Gasteiger partial charge < -0.3 is 16.0 Å². The van der Waals surface area contributed by atoms with Gasteiger partial charge in [-0.3, -0.25) is 9.78 Å². The molecule has 5 heteroatoms. The van der Waals surface area contributed by atoms with Crippen molar-refractivity contribution in [1.29, 1.82) is 5.41 Å². The van der Waals surface area contributed by atoms with Gasteiger partial charge in [0.2, 0.25) is 5.91 Å². The first-order valence-corrected chi connectivity index (χ1v) is 9.44. The minimum atomic E-state index is -0.241. The molecule has 0 spiro atoms. The van der Waals surface area contributed by atoms with Crippen LogP contribution < -0.4 is 5.73 Å². The Hall–Kier alpha value is -2.27. The molecular weight excluding hydrogens is 324 g/mol. The zero-order valence-corrected chi connectivity index (χ0v) is 15.2. The fourth-order valence-electron chi connectivity index (χ4n) is 4.22. The van der Waals surface area contributed by atoms with Crippen molar-refractivity contribution in [3.8, 4) is 0 Å². The fourth-order valence-corrected chi connectivity index (χ4v) is 4.22. The molecular formula is C21H26N4O. The summed E-state index contributed by atoms with van der Waals surface area (Å²) in [5.41, 5.74) is 8.86. The Morgan fingerprint density at radius 2 is 2.19 bits per heavy atom. The van der Waals surface area contributed by atoms with Crippen LogP contribution in [0.15, 0.2) is 30.5 Å². The summed E-state index contributed by atoms with van der Waals surface area (Å²) in [5, 5.41) is 8.72. The molecule has 3 N–H and O–H groups in total. The van der Waals surface area contributed by atoms with Crippen LogP contribution in [0.25, 0.3) is 10.9 Å². The molecule has 5 nitrogen and oxygen atoms in total. The first-order valence-electron chi connectivity index (χ1n) is 9.44. The van der Waals surface area contributed by atoms with Crippen molar-refractivity contribution in [1.82, 2.24) is 9.88 Å². The summed E-state index contributed by atoms with van der Waals surface area (Å²) in [5.74, 6) is 0.946. The molecule has 0 radical (unpaired) electrons. The van der Waals surface area contributed by atoms with Crippen molar-refractivity contribution in [3.05, 3.63) is 41.6 Å². The molecule has 2 fully saturated rings. The number of hydrogen-bond donors (Lipinski definition) is 2. The summed E-state index contributed by atoms with van der Waals surface area (Å²) in [6.45, 7) is 3.78. The van der Waals surface area contributed by atoms with E-state index in [9.17, 15) is 4.79 Å². The van der Waals surface area contributed by atoms with E-state index in [1.54, 1.807) is 6.20 Å². The molecule has 26 heavy (non-hydrogen) atoms. The maximum absolute atomic E-state index is 12.7. The molecule has 2 aliphatic rings. The molecule has 0 bridgehead atoms. The van der Waals surface area contributed by atoms with E-state index in [0.29, 0.717) is 18.3 Å². The van der Waals surface area contributed by atoms with Crippen LogP contribution >= 0.6 is 0 Å². The number of fused-ring (bicyclic) bond motifs is 1. The van der Waals surface area contributed by atoms with E-state index in [-0.39, 0.29) is 11.4 Å². The first kappa shape index (κ1) is 17.2. The van der Waals surface area contributed by atoms with Gasteiger partial charge >= 0.3 is 0 Å². The number of pyridine rings is 1. The lowest BCUT2D eigenvalue weighted by molar-refractivity contribution is -0.133. The topological polar surface area (TPSA) is 83.1 Å². The number of hydrogen-bond acceptors (Lipinski definition) is 4. The van der Waals surface area contributed by atoms with Gasteiger partial charge in [0, 0.05) is 54.3 Å². The molecule has 1 saturated carbocycles. The number of carbonyl (C=O) groups excluding carboxylic acids is 1. The number of piperidine rings is 1. The van der Waals surface area contributed by atoms with E-state index in [2.05, 4.69) is 24.0 Å². The molecule has 136 valence electrons. The van der Waals surface area contributed by atoms with E-state index in [4.69, 9.17) is 11.1 Å². The lowest BCUT2D eigenvalue weighted by atomic mass is 9.83. The molecule has 2 heterocycles. The highest BCUT2D eigenvalue weighted by Crippen LogP contribution is 2.38. The van der Waals surface area contributed by atoms with Crippen molar-refractivity contribution >= 4 is 23.0 Å². The number of carbonyl (C=O) groups is 1. The molecule has 1 aromatic heterocycles. The van der Waals surface area contributed by atoms with Crippen LogP contribution in [-0.2, 0) is 4.79 Å². The van der Waals surface area contributed by atoms with Crippen molar-refractivity contribution < 1.29 is 4.79 Å². The second-order valence-electron chi connectivity index (χ2n) is 8.16. The Balaban J connectivity index is 1.63. The lowest BCUT2D eigenvalue weighted by Gasteiger charge is -2.37. The van der Waals surface area contributed by atoms with Crippen molar-refractivity contribution in [3.63, 3.8) is 0 Å². The van der Waals surface area contributed by atoms with Gasteiger partial charge in [-0.1, -0.05) is 25.1 Å². The summed E-state index contributed by atoms with van der Waals surface area (Å²) in [6, 6.07) is 8.11. The van der Waals surface area contributed by atoms with Gasteiger partial charge in [-0.15, -0.1) is 0 Å². The van der Waals surface area contributed by atoms with E-state index >= 15 is 0 Å². The quantitative estimate of drug-likeness (QED) is 0.831. The standard InChI is InChI=1S/C21H26N4O/c1-14-9-16(13-25(12-14)19(26)10-21(23)6-7-21)17-5-4-15(11-22)20-18(17)3-2-8-24-20/h2-5,8,11,14,16,22H,6-7,9-10,12-13,23H2,1H3/t14-,16+/m1/s1. The Morgan fingerprint density at radius 3 is 2.92 bits per heavy atom. The maximum atomic E-state index is 12.7. The number of nitrogens with two attached hydrogens (primary N) is 1. The number of nitrogens with zero attached hydrogens (tertiary/aromatic N) is 2. The van der Waals surface area contributed by atoms with Crippen molar-refractivity contribution in [2.24, 2.45) is 11.7 Å². The molecule has 4 rings (SSSR count). The Morgan fingerprint density at radius 1 is 1.38 bits per heavy atom. The summed E-state index contributed by atoms with van der Waals surface area (Å²) < 4.78 is 0. The SMILES string of the molecule is C[C@@H]1C[C@H](c2ccc(C=N)c3ncccc23)CN(C(=O)CC2(N)CC2)C1. The molecule has 1 saturated heterocycles. The maximum Gasteiger partial charge on any atom is 0.224 e. The van der Waals surface area contributed by atoms with Crippen LogP contribution in [-0.4, -0.2) is 40.6 Å². The summed E-state index contributed by atoms with van der Waals surface area (Å²) in [7, 11) is 0. The predicted octanol–water partition coefficient (Wildman–Crippen LogP) is 3.07. The molecule has 2 atom stereocenters. The first-order chi connectivity index (χ1) is 12.5. The number of rotatable bonds is 4. The smallest absolute Gasteiger partial charge is 0.224 e. The molecule has 1 amide bonds. The lowest BCUT2D eigenvalue weighted by Crippen LogP contribution is -2.44. The molecule has 2 aromatic rings. The Bertz CT molecular complexity index is 858. The average Bonchev–Trinajstić information content (AvgIpc) is 3.36. The largest absolute Gasteiger partial charge is 0.342 e. The van der Waals surface area contributed by atoms with Gasteiger partial charge in [-0.25, -0.2) is 0 Å². The van der Waals surface area contributed by atoms with Crippen LogP contribution in [0.2, 0.25) is 0 Å². The van der Waals surface area contributed by atoms with E-state index < -0.39 is 0 Å². The summed E-state index contributed by atoms with van der Waals surface area (Å²) in [4.78, 5) is 19.2. The third-order valence-electron chi connectivity index (χ3n) is 5.84. The summed E-state index contributed by atoms with van der Waals surface area (Å²) >= 11 is 0. The van der Waals surface area contributed by atoms with E-state index in [0.717, 1.165) is 48.8 Å². The van der Waals surface area contributed by atoms with Crippen molar-refractivity contribution in [2.75, 3.05) is 13.1 Å². The molecule has 1 aromatic carbocycles. The minimum absolute atomic E-state index is 0.195. The van der Waals surface area contributed by atoms with Gasteiger partial charge in [0.15, 0.2) is 0 Å². The monoisotopic (exact) mass is 350 g/mol. The number of nitrogens with one attached hydrogen (secondary N) is 1. The van der Waals surface area contributed by atoms with Crippen LogP contribution in [0.3, 0.4) is 0 Å². The zero-order chi connectivity index (χ0) is 18.3. The van der Waals surface area contributed by atoms with E-state index in [1.807, 2.05) is 17.0 Å². The number of amides is 1. The number of benzene rings is 1. The molecule has 0 unspecified atom stereocenters. The van der Waals surface area contributed by atoms with Crippen LogP contribution in [0, 0.1) is 11.3 Å². The average molecular weight is 350 g/mol. The third-order valence-corrected chi connectivity index (χ3v) is 5.84. The zero-order valence-electron chi connectivity index (χ0n) is 15.2. The normalized spacial score (nSPS) is 24.5.